The van der Waals surface area contributed by atoms with Crippen molar-refractivity contribution in [1.82, 2.24) is 0 Å². The Kier molecular flexibility index (Phi) is 10.7. The molecule has 0 fully saturated rings. The van der Waals surface area contributed by atoms with Gasteiger partial charge in [0.05, 0.1) is 19.1 Å². The van der Waals surface area contributed by atoms with Crippen molar-refractivity contribution >= 4 is 17.3 Å². The van der Waals surface area contributed by atoms with Gasteiger partial charge in [0.15, 0.2) is 5.78 Å². The molecule has 0 bridgehead atoms. The van der Waals surface area contributed by atoms with Crippen molar-refractivity contribution in [3.63, 3.8) is 0 Å². The van der Waals surface area contributed by atoms with Gasteiger partial charge in [-0.15, -0.1) is 0 Å². The van der Waals surface area contributed by atoms with Crippen molar-refractivity contribution < 1.29 is 29.3 Å². The van der Waals surface area contributed by atoms with Gasteiger partial charge in [-0.1, -0.05) is 31.6 Å². The van der Waals surface area contributed by atoms with Crippen LogP contribution in [-0.2, 0) is 27.2 Å². The largest absolute Gasteiger partial charge is 0.508 e. The van der Waals surface area contributed by atoms with Gasteiger partial charge in [-0.25, -0.2) is 0 Å². The third kappa shape index (κ3) is 8.28. The van der Waals surface area contributed by atoms with E-state index in [0.717, 1.165) is 5.57 Å². The molecule has 0 spiro atoms. The maximum absolute atomic E-state index is 13.1. The quantitative estimate of drug-likeness (QED) is 0.274. The fraction of sp³-hybridized carbons (Fsp3) is 0.519. The van der Waals surface area contributed by atoms with E-state index in [1.807, 2.05) is 19.9 Å². The van der Waals surface area contributed by atoms with Gasteiger partial charge < -0.3 is 14.9 Å². The predicted octanol–water partition coefficient (Wildman–Crippen LogP) is 4.39. The van der Waals surface area contributed by atoms with E-state index in [2.05, 4.69) is 0 Å². The van der Waals surface area contributed by atoms with E-state index in [9.17, 15) is 24.6 Å². The number of aromatic hydroxyl groups is 1. The number of hydrogen-bond donors (Lipinski definition) is 2. The van der Waals surface area contributed by atoms with Crippen LogP contribution in [-0.4, -0.2) is 40.8 Å². The maximum Gasteiger partial charge on any atom is 0.168 e. The van der Waals surface area contributed by atoms with Crippen LogP contribution < -0.4 is 4.74 Å². The number of carbonyl (C=O) groups excluding carboxylic acids is 3. The number of phenolic OH excluding ortho intramolecular Hbond substituents is 1. The Hall–Kier alpha value is -2.73. The third-order valence-electron chi connectivity index (χ3n) is 5.88. The molecule has 0 unspecified atom stereocenters. The standard InChI is InChI=1S/C27H38O6/c1-15(9-16(2)21(7)29)10-17(3)26(31)20(6)27(32)18(4)11-24-22(12-19(5)28)13-23(30)14-25(24)33-8/h9-10,13-14,16,18,20-21,29-30H,11-12H2,1-8H3/b15-9+,17-10+/t16-,18+,20-,21-/m0/s1. The van der Waals surface area contributed by atoms with Crippen LogP contribution in [0.25, 0.3) is 0 Å². The van der Waals surface area contributed by atoms with Crippen molar-refractivity contribution in [2.45, 2.75) is 67.4 Å². The van der Waals surface area contributed by atoms with Gasteiger partial charge in [0.25, 0.3) is 0 Å². The first-order valence-electron chi connectivity index (χ1n) is 11.3. The maximum atomic E-state index is 13.1. The first kappa shape index (κ1) is 28.3. The molecule has 0 saturated carbocycles. The Morgan fingerprint density at radius 2 is 1.67 bits per heavy atom. The summed E-state index contributed by atoms with van der Waals surface area (Å²) in [7, 11) is 1.47. The summed E-state index contributed by atoms with van der Waals surface area (Å²) in [6.07, 6.45) is 3.55. The molecule has 0 aliphatic heterocycles. The number of methoxy groups -OCH3 is 1. The Labute approximate surface area is 197 Å². The summed E-state index contributed by atoms with van der Waals surface area (Å²) >= 11 is 0. The number of rotatable bonds is 12. The summed E-state index contributed by atoms with van der Waals surface area (Å²) in [5.74, 6) is -1.47. The summed E-state index contributed by atoms with van der Waals surface area (Å²) in [6.45, 7) is 12.0. The van der Waals surface area contributed by atoms with Crippen LogP contribution in [0.1, 0.15) is 59.6 Å². The van der Waals surface area contributed by atoms with Crippen molar-refractivity contribution in [2.75, 3.05) is 7.11 Å². The number of benzene rings is 1. The summed E-state index contributed by atoms with van der Waals surface area (Å²) in [5, 5.41) is 19.6. The minimum absolute atomic E-state index is 0.0107. The van der Waals surface area contributed by atoms with Crippen LogP contribution in [0.3, 0.4) is 0 Å². The molecule has 0 aromatic heterocycles. The Morgan fingerprint density at radius 1 is 1.06 bits per heavy atom. The molecule has 6 heteroatoms. The molecular formula is C27H38O6. The van der Waals surface area contributed by atoms with Gasteiger partial charge in [0.2, 0.25) is 0 Å². The fourth-order valence-electron chi connectivity index (χ4n) is 3.85. The lowest BCUT2D eigenvalue weighted by Gasteiger charge is -2.20. The molecule has 0 saturated heterocycles. The van der Waals surface area contributed by atoms with E-state index >= 15 is 0 Å². The highest BCUT2D eigenvalue weighted by Crippen LogP contribution is 2.32. The number of ether oxygens (including phenoxy) is 1. The van der Waals surface area contributed by atoms with Gasteiger partial charge in [-0.3, -0.25) is 14.4 Å². The zero-order chi connectivity index (χ0) is 25.5. The molecule has 2 N–H and O–H groups in total. The fourth-order valence-corrected chi connectivity index (χ4v) is 3.85. The van der Waals surface area contributed by atoms with Crippen molar-refractivity contribution in [1.29, 1.82) is 0 Å². The molecule has 0 aliphatic rings. The molecule has 1 aromatic rings. The summed E-state index contributed by atoms with van der Waals surface area (Å²) in [6, 6.07) is 2.97. The number of allylic oxidation sites excluding steroid dienone is 3. The molecule has 0 heterocycles. The van der Waals surface area contributed by atoms with Crippen LogP contribution in [0.5, 0.6) is 11.5 Å². The average Bonchev–Trinajstić information content (AvgIpc) is 2.72. The van der Waals surface area contributed by atoms with E-state index in [-0.39, 0.29) is 41.9 Å². The average molecular weight is 459 g/mol. The molecule has 182 valence electrons. The topological polar surface area (TPSA) is 101 Å². The van der Waals surface area contributed by atoms with Crippen molar-refractivity contribution in [3.05, 3.63) is 46.6 Å². The number of aliphatic hydroxyl groups is 1. The highest BCUT2D eigenvalue weighted by atomic mass is 16.5. The lowest BCUT2D eigenvalue weighted by Crippen LogP contribution is -2.28. The molecule has 33 heavy (non-hydrogen) atoms. The van der Waals surface area contributed by atoms with Gasteiger partial charge in [0, 0.05) is 24.3 Å². The predicted molar refractivity (Wildman–Crippen MR) is 129 cm³/mol. The summed E-state index contributed by atoms with van der Waals surface area (Å²) < 4.78 is 5.38. The van der Waals surface area contributed by atoms with Crippen LogP contribution in [0.2, 0.25) is 0 Å². The van der Waals surface area contributed by atoms with Crippen LogP contribution >= 0.6 is 0 Å². The van der Waals surface area contributed by atoms with Crippen molar-refractivity contribution in [3.8, 4) is 11.5 Å². The van der Waals surface area contributed by atoms with E-state index < -0.39 is 17.9 Å². The zero-order valence-corrected chi connectivity index (χ0v) is 21.1. The van der Waals surface area contributed by atoms with Gasteiger partial charge in [-0.2, -0.15) is 0 Å². The molecular weight excluding hydrogens is 420 g/mol. The normalized spacial score (nSPS) is 16.0. The SMILES string of the molecule is COc1cc(O)cc(CC(C)=O)c1C[C@@H](C)C(=O)[C@@H](C)C(=O)/C(C)=C/C(C)=C/[C@H](C)[C@H](C)O. The highest BCUT2D eigenvalue weighted by molar-refractivity contribution is 6.10. The van der Waals surface area contributed by atoms with Crippen LogP contribution in [0, 0.1) is 17.8 Å². The number of ketones is 3. The minimum atomic E-state index is -0.822. The molecule has 0 amide bonds. The number of hydrogen-bond acceptors (Lipinski definition) is 6. The lowest BCUT2D eigenvalue weighted by atomic mass is 9.84. The van der Waals surface area contributed by atoms with Gasteiger partial charge in [0.1, 0.15) is 23.1 Å². The minimum Gasteiger partial charge on any atom is -0.508 e. The monoisotopic (exact) mass is 458 g/mol. The third-order valence-corrected chi connectivity index (χ3v) is 5.88. The second-order valence-corrected chi connectivity index (χ2v) is 9.10. The lowest BCUT2D eigenvalue weighted by molar-refractivity contribution is -0.132. The molecule has 6 nitrogen and oxygen atoms in total. The number of aliphatic hydroxyl groups excluding tert-OH is 1. The zero-order valence-electron chi connectivity index (χ0n) is 21.1. The summed E-state index contributed by atoms with van der Waals surface area (Å²) in [5.41, 5.74) is 2.63. The van der Waals surface area contributed by atoms with E-state index in [1.165, 1.54) is 26.2 Å². The smallest absolute Gasteiger partial charge is 0.168 e. The Bertz CT molecular complexity index is 938. The van der Waals surface area contributed by atoms with Gasteiger partial charge in [-0.05, 0) is 63.8 Å². The first-order valence-corrected chi connectivity index (χ1v) is 11.3. The van der Waals surface area contributed by atoms with Gasteiger partial charge >= 0.3 is 0 Å². The second-order valence-electron chi connectivity index (χ2n) is 9.10. The molecule has 1 rings (SSSR count). The van der Waals surface area contributed by atoms with Crippen LogP contribution in [0.15, 0.2) is 35.4 Å². The summed E-state index contributed by atoms with van der Waals surface area (Å²) in [4.78, 5) is 37.7. The Morgan fingerprint density at radius 3 is 2.18 bits per heavy atom. The highest BCUT2D eigenvalue weighted by Gasteiger charge is 2.28. The number of phenols is 1. The Balaban J connectivity index is 3.09. The van der Waals surface area contributed by atoms with E-state index in [4.69, 9.17) is 4.74 Å². The second kappa shape index (κ2) is 12.5. The number of Topliss-reactive ketones (excluding diaryl/α,β-unsaturated/α-hetero) is 3. The molecule has 1 aromatic carbocycles. The van der Waals surface area contributed by atoms with Crippen LogP contribution in [0.4, 0.5) is 0 Å². The number of carbonyl (C=O) groups is 3. The van der Waals surface area contributed by atoms with Crippen molar-refractivity contribution in [2.24, 2.45) is 17.8 Å². The molecule has 0 aliphatic carbocycles. The molecule has 0 radical (unpaired) electrons. The molecule has 4 atom stereocenters. The van der Waals surface area contributed by atoms with E-state index in [0.29, 0.717) is 22.4 Å². The van der Waals surface area contributed by atoms with E-state index in [1.54, 1.807) is 33.8 Å². The first-order chi connectivity index (χ1) is 15.3.